The Bertz CT molecular complexity index is 1040. The summed E-state index contributed by atoms with van der Waals surface area (Å²) in [6.45, 7) is 7.33. The second-order valence-electron chi connectivity index (χ2n) is 6.25. The molecular weight excluding hydrogens is 447 g/mol. The van der Waals surface area contributed by atoms with Crippen LogP contribution < -0.4 is 10.1 Å². The number of rotatable bonds is 6. The Hall–Kier alpha value is -2.94. The Labute approximate surface area is 187 Å². The predicted octanol–water partition coefficient (Wildman–Crippen LogP) is 8.43. The summed E-state index contributed by atoms with van der Waals surface area (Å²) in [5, 5.41) is 1.99. The van der Waals surface area contributed by atoms with E-state index >= 15 is 0 Å². The third-order valence-electron chi connectivity index (χ3n) is 3.98. The molecule has 0 aliphatic rings. The summed E-state index contributed by atoms with van der Waals surface area (Å²) < 4.78 is 72.0. The molecule has 0 aliphatic heterocycles. The van der Waals surface area contributed by atoms with E-state index in [1.54, 1.807) is 18.2 Å². The summed E-state index contributed by atoms with van der Waals surface area (Å²) >= 11 is 0.506. The molecule has 32 heavy (non-hydrogen) atoms. The maximum atomic E-state index is 14.1. The van der Waals surface area contributed by atoms with Crippen molar-refractivity contribution in [3.8, 4) is 11.6 Å². The van der Waals surface area contributed by atoms with E-state index in [4.69, 9.17) is 4.74 Å². The zero-order chi connectivity index (χ0) is 23.9. The normalized spacial score (nSPS) is 11.6. The first kappa shape index (κ1) is 25.3. The first-order chi connectivity index (χ1) is 15.2. The summed E-state index contributed by atoms with van der Waals surface area (Å²) in [6, 6.07) is 9.85. The number of ether oxygens (including phenoxy) is 1. The lowest BCUT2D eigenvalue weighted by Gasteiger charge is -2.14. The number of nitrogens with one attached hydrogen (secondary N) is 1. The Kier molecular flexibility index (Phi) is 8.77. The molecule has 0 saturated carbocycles. The molecule has 0 aliphatic carbocycles. The molecule has 0 radical (unpaired) electrons. The van der Waals surface area contributed by atoms with Gasteiger partial charge < -0.3 is 10.1 Å². The summed E-state index contributed by atoms with van der Waals surface area (Å²) in [5.74, 6) is -1.22. The fourth-order valence-electron chi connectivity index (χ4n) is 2.65. The van der Waals surface area contributed by atoms with Gasteiger partial charge in [0, 0.05) is 11.4 Å². The van der Waals surface area contributed by atoms with Crippen molar-refractivity contribution >= 4 is 22.7 Å². The number of allylic oxidation sites excluding steroid dienone is 1. The predicted molar refractivity (Wildman–Crippen MR) is 118 cm³/mol. The third kappa shape index (κ3) is 6.29. The molecule has 3 nitrogen and oxygen atoms in total. The average molecular weight is 471 g/mol. The van der Waals surface area contributed by atoms with E-state index < -0.39 is 22.8 Å². The number of halogens is 5. The van der Waals surface area contributed by atoms with Gasteiger partial charge in [-0.15, -0.1) is 11.3 Å². The minimum absolute atomic E-state index is 0.118. The first-order valence-electron chi connectivity index (χ1n) is 9.93. The number of hydrogen-bond donors (Lipinski definition) is 1. The molecule has 1 N–H and O–H groups in total. The van der Waals surface area contributed by atoms with Gasteiger partial charge in [-0.2, -0.15) is 18.2 Å². The van der Waals surface area contributed by atoms with Gasteiger partial charge in [0.1, 0.15) is 17.4 Å². The molecular formula is C23H23F5N2OS. The number of hydrogen-bond acceptors (Lipinski definition) is 4. The van der Waals surface area contributed by atoms with E-state index in [-0.39, 0.29) is 22.9 Å². The summed E-state index contributed by atoms with van der Waals surface area (Å²) in [4.78, 5) is 3.79. The molecule has 3 rings (SSSR count). The number of benzene rings is 2. The Morgan fingerprint density at radius 2 is 1.66 bits per heavy atom. The van der Waals surface area contributed by atoms with Crippen LogP contribution in [0.15, 0.2) is 48.5 Å². The van der Waals surface area contributed by atoms with Crippen LogP contribution in [0.2, 0.25) is 0 Å². The second-order valence-corrected chi connectivity index (χ2v) is 7.46. The molecule has 0 fully saturated rings. The lowest BCUT2D eigenvalue weighted by atomic mass is 10.1. The van der Waals surface area contributed by atoms with Crippen molar-refractivity contribution in [2.45, 2.75) is 40.3 Å². The van der Waals surface area contributed by atoms with Crippen molar-refractivity contribution in [3.05, 3.63) is 75.6 Å². The van der Waals surface area contributed by atoms with Gasteiger partial charge in [0.25, 0.3) is 0 Å². The SMILES string of the molecule is CC.CC/C=C(\Nc1ccc(Oc2nc(C(F)(F)F)sc2C)cc1)c1c(F)cccc1F. The van der Waals surface area contributed by atoms with Crippen LogP contribution in [0.3, 0.4) is 0 Å². The van der Waals surface area contributed by atoms with Crippen LogP contribution >= 0.6 is 11.3 Å². The molecule has 3 aromatic rings. The number of thiazole rings is 1. The molecule has 0 atom stereocenters. The van der Waals surface area contributed by atoms with E-state index in [1.165, 1.54) is 37.3 Å². The van der Waals surface area contributed by atoms with Crippen LogP contribution in [0.1, 0.15) is 42.6 Å². The lowest BCUT2D eigenvalue weighted by Crippen LogP contribution is -2.04. The van der Waals surface area contributed by atoms with Crippen LogP contribution in [0.5, 0.6) is 11.6 Å². The van der Waals surface area contributed by atoms with Crippen molar-refractivity contribution in [2.24, 2.45) is 0 Å². The number of anilines is 1. The van der Waals surface area contributed by atoms with E-state index in [2.05, 4.69) is 10.3 Å². The standard InChI is InChI=1S/C21H17F5N2OS.C2H6/c1-3-5-17(18-15(22)6-4-7-16(18)23)27-13-8-10-14(11-9-13)29-19-12(2)30-20(28-19)21(24,25)26;1-2/h4-11,27H,3H2,1-2H3;1-2H3/b17-5-;. The highest BCUT2D eigenvalue weighted by Gasteiger charge is 2.36. The molecule has 0 unspecified atom stereocenters. The molecule has 0 saturated heterocycles. The monoisotopic (exact) mass is 470 g/mol. The van der Waals surface area contributed by atoms with Crippen LogP contribution in [0.25, 0.3) is 5.70 Å². The van der Waals surface area contributed by atoms with E-state index in [1.807, 2.05) is 20.8 Å². The summed E-state index contributed by atoms with van der Waals surface area (Å²) in [6.07, 6.45) is -2.33. The number of alkyl halides is 3. The Balaban J connectivity index is 0.00000176. The van der Waals surface area contributed by atoms with Gasteiger partial charge in [-0.1, -0.05) is 32.9 Å². The van der Waals surface area contributed by atoms with Crippen molar-refractivity contribution in [2.75, 3.05) is 5.32 Å². The molecule has 1 aromatic heterocycles. The van der Waals surface area contributed by atoms with Crippen molar-refractivity contribution in [1.82, 2.24) is 4.98 Å². The Morgan fingerprint density at radius 3 is 2.16 bits per heavy atom. The maximum absolute atomic E-state index is 14.1. The topological polar surface area (TPSA) is 34.1 Å². The van der Waals surface area contributed by atoms with Gasteiger partial charge in [-0.3, -0.25) is 0 Å². The zero-order valence-corrected chi connectivity index (χ0v) is 18.8. The molecule has 0 spiro atoms. The van der Waals surface area contributed by atoms with Gasteiger partial charge in [0.2, 0.25) is 10.9 Å². The summed E-state index contributed by atoms with van der Waals surface area (Å²) in [5.41, 5.74) is 0.625. The maximum Gasteiger partial charge on any atom is 0.443 e. The number of aryl methyl sites for hydroxylation is 1. The smallest absolute Gasteiger partial charge is 0.438 e. The highest BCUT2D eigenvalue weighted by molar-refractivity contribution is 7.11. The number of nitrogens with zero attached hydrogens (tertiary/aromatic N) is 1. The van der Waals surface area contributed by atoms with Crippen molar-refractivity contribution in [3.63, 3.8) is 0 Å². The zero-order valence-electron chi connectivity index (χ0n) is 18.0. The highest BCUT2D eigenvalue weighted by atomic mass is 32.1. The van der Waals surface area contributed by atoms with Gasteiger partial charge in [-0.05, 0) is 49.7 Å². The van der Waals surface area contributed by atoms with Crippen LogP contribution in [-0.4, -0.2) is 4.98 Å². The minimum atomic E-state index is -4.53. The van der Waals surface area contributed by atoms with E-state index in [9.17, 15) is 22.0 Å². The molecule has 1 heterocycles. The second kappa shape index (κ2) is 11.1. The van der Waals surface area contributed by atoms with Crippen LogP contribution in [0, 0.1) is 18.6 Å². The molecule has 0 amide bonds. The third-order valence-corrected chi connectivity index (χ3v) is 4.98. The fraction of sp³-hybridized carbons (Fsp3) is 0.261. The van der Waals surface area contributed by atoms with Crippen LogP contribution in [-0.2, 0) is 6.18 Å². The van der Waals surface area contributed by atoms with E-state index in [0.29, 0.717) is 28.3 Å². The molecule has 0 bridgehead atoms. The summed E-state index contributed by atoms with van der Waals surface area (Å²) in [7, 11) is 0. The first-order valence-corrected chi connectivity index (χ1v) is 10.7. The molecule has 172 valence electrons. The van der Waals surface area contributed by atoms with Gasteiger partial charge in [-0.25, -0.2) is 8.78 Å². The van der Waals surface area contributed by atoms with Gasteiger partial charge >= 0.3 is 6.18 Å². The van der Waals surface area contributed by atoms with Gasteiger partial charge in [0.15, 0.2) is 0 Å². The lowest BCUT2D eigenvalue weighted by molar-refractivity contribution is -0.137. The number of aromatic nitrogens is 1. The van der Waals surface area contributed by atoms with Crippen molar-refractivity contribution in [1.29, 1.82) is 0 Å². The Morgan fingerprint density at radius 1 is 1.06 bits per heavy atom. The fourth-order valence-corrected chi connectivity index (χ4v) is 3.36. The quantitative estimate of drug-likeness (QED) is 0.367. The average Bonchev–Trinajstić information content (AvgIpc) is 3.12. The minimum Gasteiger partial charge on any atom is -0.438 e. The van der Waals surface area contributed by atoms with Crippen LogP contribution in [0.4, 0.5) is 27.6 Å². The molecule has 9 heteroatoms. The van der Waals surface area contributed by atoms with E-state index in [0.717, 1.165) is 0 Å². The highest BCUT2D eigenvalue weighted by Crippen LogP contribution is 2.38. The molecule has 2 aromatic carbocycles. The largest absolute Gasteiger partial charge is 0.443 e. The van der Waals surface area contributed by atoms with Gasteiger partial charge in [0.05, 0.1) is 10.4 Å². The van der Waals surface area contributed by atoms with Crippen molar-refractivity contribution < 1.29 is 26.7 Å².